The highest BCUT2D eigenvalue weighted by atomic mass is 32.1. The van der Waals surface area contributed by atoms with Crippen molar-refractivity contribution in [2.24, 2.45) is 11.7 Å². The largest absolute Gasteiger partial charge is 0.375 e. The number of rotatable bonds is 3. The molecular weight excluding hydrogens is 266 g/mol. The number of amides is 3. The van der Waals surface area contributed by atoms with E-state index in [1.165, 1.54) is 11.3 Å². The molecule has 0 radical (unpaired) electrons. The first kappa shape index (κ1) is 13.6. The number of aromatic nitrogens is 1. The van der Waals surface area contributed by atoms with Gasteiger partial charge in [-0.25, -0.2) is 9.78 Å². The maximum absolute atomic E-state index is 12.2. The molecule has 1 aliphatic heterocycles. The average Bonchev–Trinajstić information content (AvgIpc) is 2.82. The van der Waals surface area contributed by atoms with E-state index in [4.69, 9.17) is 11.5 Å². The monoisotopic (exact) mass is 283 g/mol. The lowest BCUT2D eigenvalue weighted by Gasteiger charge is -2.32. The highest BCUT2D eigenvalue weighted by molar-refractivity contribution is 7.13. The van der Waals surface area contributed by atoms with Gasteiger partial charge in [-0.15, -0.1) is 11.3 Å². The van der Waals surface area contributed by atoms with Gasteiger partial charge in [-0.05, 0) is 18.8 Å². The summed E-state index contributed by atoms with van der Waals surface area (Å²) >= 11 is 1.26. The van der Waals surface area contributed by atoms with Crippen molar-refractivity contribution in [3.8, 4) is 0 Å². The predicted molar refractivity (Wildman–Crippen MR) is 72.7 cm³/mol. The van der Waals surface area contributed by atoms with Crippen LogP contribution in [-0.2, 0) is 0 Å². The molecule has 0 bridgehead atoms. The fourth-order valence-corrected chi connectivity index (χ4v) is 2.75. The Kier molecular flexibility index (Phi) is 4.20. The fraction of sp³-hybridized carbons (Fsp3) is 0.545. The number of likely N-dealkylation sites (tertiary alicyclic amines) is 1. The van der Waals surface area contributed by atoms with Crippen LogP contribution in [0.25, 0.3) is 0 Å². The third kappa shape index (κ3) is 3.57. The summed E-state index contributed by atoms with van der Waals surface area (Å²) in [6.07, 6.45) is 1.89. The number of piperidine rings is 1. The van der Waals surface area contributed by atoms with Gasteiger partial charge in [0.2, 0.25) is 0 Å². The van der Waals surface area contributed by atoms with Crippen LogP contribution in [0.1, 0.15) is 23.3 Å². The minimum Gasteiger partial charge on any atom is -0.375 e. The van der Waals surface area contributed by atoms with Gasteiger partial charge in [0, 0.05) is 25.0 Å². The molecule has 1 aromatic heterocycles. The van der Waals surface area contributed by atoms with Crippen molar-refractivity contribution in [3.63, 3.8) is 0 Å². The quantitative estimate of drug-likeness (QED) is 0.737. The van der Waals surface area contributed by atoms with Crippen molar-refractivity contribution in [2.45, 2.75) is 12.8 Å². The second-order valence-electron chi connectivity index (χ2n) is 4.58. The SMILES string of the molecule is NC(=O)NCC1CCCN(C(=O)c2csc(N)n2)C1. The van der Waals surface area contributed by atoms with Crippen LogP contribution in [0.15, 0.2) is 5.38 Å². The van der Waals surface area contributed by atoms with Gasteiger partial charge in [0.15, 0.2) is 5.13 Å². The summed E-state index contributed by atoms with van der Waals surface area (Å²) in [6, 6.07) is -0.532. The van der Waals surface area contributed by atoms with Crippen molar-refractivity contribution in [3.05, 3.63) is 11.1 Å². The zero-order valence-electron chi connectivity index (χ0n) is 10.5. The van der Waals surface area contributed by atoms with Crippen LogP contribution in [0.2, 0.25) is 0 Å². The normalized spacial score (nSPS) is 19.2. The molecule has 0 saturated carbocycles. The zero-order chi connectivity index (χ0) is 13.8. The second kappa shape index (κ2) is 5.87. The van der Waals surface area contributed by atoms with Crippen LogP contribution < -0.4 is 16.8 Å². The molecule has 0 spiro atoms. The molecule has 1 aromatic rings. The highest BCUT2D eigenvalue weighted by Gasteiger charge is 2.25. The van der Waals surface area contributed by atoms with Crippen molar-refractivity contribution in [1.29, 1.82) is 0 Å². The number of carbonyl (C=O) groups excluding carboxylic acids is 2. The third-order valence-corrected chi connectivity index (χ3v) is 3.79. The standard InChI is InChI=1S/C11H17N5O2S/c12-10(18)14-4-7-2-1-3-16(5-7)9(17)8-6-19-11(13)15-8/h6-7H,1-5H2,(H2,13,15)(H3,12,14,18). The van der Waals surface area contributed by atoms with Crippen molar-refractivity contribution in [2.75, 3.05) is 25.4 Å². The molecule has 5 N–H and O–H groups in total. The van der Waals surface area contributed by atoms with E-state index in [2.05, 4.69) is 10.3 Å². The first-order valence-corrected chi connectivity index (χ1v) is 6.98. The Morgan fingerprint density at radius 1 is 1.58 bits per heavy atom. The van der Waals surface area contributed by atoms with Gasteiger partial charge < -0.3 is 21.7 Å². The molecule has 7 nitrogen and oxygen atoms in total. The minimum absolute atomic E-state index is 0.100. The number of nitrogens with zero attached hydrogens (tertiary/aromatic N) is 2. The van der Waals surface area contributed by atoms with Crippen LogP contribution in [-0.4, -0.2) is 41.5 Å². The molecule has 0 aromatic carbocycles. The summed E-state index contributed by atoms with van der Waals surface area (Å²) in [5, 5.41) is 4.65. The number of thiazole rings is 1. The number of carbonyl (C=O) groups is 2. The van der Waals surface area contributed by atoms with E-state index in [0.717, 1.165) is 12.8 Å². The fourth-order valence-electron chi connectivity index (χ4n) is 2.21. The van der Waals surface area contributed by atoms with Gasteiger partial charge >= 0.3 is 6.03 Å². The van der Waals surface area contributed by atoms with Crippen LogP contribution in [0.4, 0.5) is 9.93 Å². The van der Waals surface area contributed by atoms with E-state index in [1.54, 1.807) is 10.3 Å². The second-order valence-corrected chi connectivity index (χ2v) is 5.47. The maximum atomic E-state index is 12.2. The molecule has 19 heavy (non-hydrogen) atoms. The molecule has 3 amide bonds. The topological polar surface area (TPSA) is 114 Å². The molecule has 2 rings (SSSR count). The Labute approximate surface area is 115 Å². The van der Waals surface area contributed by atoms with Crippen LogP contribution in [0, 0.1) is 5.92 Å². The third-order valence-electron chi connectivity index (χ3n) is 3.11. The Morgan fingerprint density at radius 2 is 2.37 bits per heavy atom. The number of hydrogen-bond acceptors (Lipinski definition) is 5. The summed E-state index contributed by atoms with van der Waals surface area (Å²) in [5.74, 6) is 0.137. The molecule has 0 aliphatic carbocycles. The summed E-state index contributed by atoms with van der Waals surface area (Å²) in [4.78, 5) is 28.6. The van der Waals surface area contributed by atoms with Gasteiger partial charge in [-0.1, -0.05) is 0 Å². The summed E-state index contributed by atoms with van der Waals surface area (Å²) in [5.41, 5.74) is 11.0. The average molecular weight is 283 g/mol. The summed E-state index contributed by atoms with van der Waals surface area (Å²) in [7, 11) is 0. The number of nitrogens with two attached hydrogens (primary N) is 2. The van der Waals surface area contributed by atoms with Crippen LogP contribution >= 0.6 is 11.3 Å². The van der Waals surface area contributed by atoms with Crippen LogP contribution in [0.5, 0.6) is 0 Å². The molecule has 1 saturated heterocycles. The van der Waals surface area contributed by atoms with E-state index < -0.39 is 6.03 Å². The van der Waals surface area contributed by atoms with Crippen LogP contribution in [0.3, 0.4) is 0 Å². The Bertz CT molecular complexity index is 475. The molecule has 1 fully saturated rings. The van der Waals surface area contributed by atoms with Gasteiger partial charge in [-0.3, -0.25) is 4.79 Å². The Morgan fingerprint density at radius 3 is 3.00 bits per heavy atom. The number of urea groups is 1. The van der Waals surface area contributed by atoms with E-state index in [0.29, 0.717) is 30.5 Å². The lowest BCUT2D eigenvalue weighted by Crippen LogP contribution is -2.44. The lowest BCUT2D eigenvalue weighted by molar-refractivity contribution is 0.0670. The van der Waals surface area contributed by atoms with Gasteiger partial charge in [0.05, 0.1) is 0 Å². The van der Waals surface area contributed by atoms with Crippen molar-refractivity contribution < 1.29 is 9.59 Å². The number of nitrogen functional groups attached to an aromatic ring is 1. The first-order chi connectivity index (χ1) is 9.06. The van der Waals surface area contributed by atoms with Gasteiger partial charge in [0.25, 0.3) is 5.91 Å². The first-order valence-electron chi connectivity index (χ1n) is 6.10. The molecule has 1 aliphatic rings. The van der Waals surface area contributed by atoms with E-state index >= 15 is 0 Å². The van der Waals surface area contributed by atoms with E-state index in [9.17, 15) is 9.59 Å². The van der Waals surface area contributed by atoms with Gasteiger partial charge in [-0.2, -0.15) is 0 Å². The number of hydrogen-bond donors (Lipinski definition) is 3. The predicted octanol–water partition coefficient (Wildman–Crippen LogP) is 0.246. The number of primary amides is 1. The molecule has 1 unspecified atom stereocenters. The molecule has 1 atom stereocenters. The Hall–Kier alpha value is -1.83. The lowest BCUT2D eigenvalue weighted by atomic mass is 9.98. The van der Waals surface area contributed by atoms with Crippen molar-refractivity contribution >= 4 is 28.4 Å². The number of anilines is 1. The smallest absolute Gasteiger partial charge is 0.312 e. The van der Waals surface area contributed by atoms with Crippen molar-refractivity contribution in [1.82, 2.24) is 15.2 Å². The Balaban J connectivity index is 1.93. The molecular formula is C11H17N5O2S. The maximum Gasteiger partial charge on any atom is 0.312 e. The number of nitrogens with one attached hydrogen (secondary N) is 1. The van der Waals surface area contributed by atoms with E-state index in [-0.39, 0.29) is 11.8 Å². The molecule has 104 valence electrons. The minimum atomic E-state index is -0.532. The molecule has 2 heterocycles. The summed E-state index contributed by atoms with van der Waals surface area (Å²) in [6.45, 7) is 1.82. The van der Waals surface area contributed by atoms with E-state index in [1.807, 2.05) is 0 Å². The highest BCUT2D eigenvalue weighted by Crippen LogP contribution is 2.19. The van der Waals surface area contributed by atoms with Gasteiger partial charge in [0.1, 0.15) is 5.69 Å². The summed E-state index contributed by atoms with van der Waals surface area (Å²) < 4.78 is 0. The molecule has 8 heteroatoms. The zero-order valence-corrected chi connectivity index (χ0v) is 11.3.